The SMILES string of the molecule is CCOC(=O)Nn1c(C(=O)OCC)c(-c2ccccc2)n(-c2ccc(F)cc2)c1=O. The largest absolute Gasteiger partial charge is 0.461 e. The van der Waals surface area contributed by atoms with E-state index in [1.807, 2.05) is 0 Å². The molecular weight excluding hydrogens is 393 g/mol. The highest BCUT2D eigenvalue weighted by atomic mass is 19.1. The Morgan fingerprint density at radius 3 is 2.20 bits per heavy atom. The van der Waals surface area contributed by atoms with E-state index in [2.05, 4.69) is 5.43 Å². The van der Waals surface area contributed by atoms with Crippen LogP contribution in [0.3, 0.4) is 0 Å². The van der Waals surface area contributed by atoms with Crippen molar-refractivity contribution in [3.8, 4) is 16.9 Å². The third kappa shape index (κ3) is 4.09. The summed E-state index contributed by atoms with van der Waals surface area (Å²) in [6.07, 6.45) is -0.916. The molecule has 0 radical (unpaired) electrons. The van der Waals surface area contributed by atoms with E-state index in [0.29, 0.717) is 11.3 Å². The first-order valence-electron chi connectivity index (χ1n) is 9.27. The second-order valence-corrected chi connectivity index (χ2v) is 6.05. The summed E-state index contributed by atoms with van der Waals surface area (Å²) >= 11 is 0. The lowest BCUT2D eigenvalue weighted by Gasteiger charge is -2.11. The summed E-state index contributed by atoms with van der Waals surface area (Å²) in [6, 6.07) is 13.8. The molecule has 0 unspecified atom stereocenters. The Balaban J connectivity index is 2.34. The molecule has 0 atom stereocenters. The molecule has 0 saturated heterocycles. The van der Waals surface area contributed by atoms with E-state index in [4.69, 9.17) is 9.47 Å². The van der Waals surface area contributed by atoms with Gasteiger partial charge >= 0.3 is 17.8 Å². The first kappa shape index (κ1) is 20.8. The molecule has 2 aromatic carbocycles. The number of rotatable bonds is 6. The van der Waals surface area contributed by atoms with Crippen molar-refractivity contribution >= 4 is 12.1 Å². The predicted octanol–water partition coefficient (Wildman–Crippen LogP) is 3.32. The Kier molecular flexibility index (Phi) is 6.31. The van der Waals surface area contributed by atoms with Gasteiger partial charge in [0, 0.05) is 5.56 Å². The number of ether oxygens (including phenoxy) is 2. The van der Waals surface area contributed by atoms with Gasteiger partial charge in [-0.05, 0) is 38.1 Å². The number of nitrogens with zero attached hydrogens (tertiary/aromatic N) is 2. The van der Waals surface area contributed by atoms with Gasteiger partial charge in [0.05, 0.1) is 24.6 Å². The lowest BCUT2D eigenvalue weighted by Crippen LogP contribution is -2.36. The van der Waals surface area contributed by atoms with Crippen LogP contribution in [0.5, 0.6) is 0 Å². The average molecular weight is 413 g/mol. The summed E-state index contributed by atoms with van der Waals surface area (Å²) in [5, 5.41) is 0. The molecule has 30 heavy (non-hydrogen) atoms. The number of imidazole rings is 1. The molecule has 8 nitrogen and oxygen atoms in total. The summed E-state index contributed by atoms with van der Waals surface area (Å²) in [7, 11) is 0. The molecule has 1 aromatic heterocycles. The number of esters is 1. The Morgan fingerprint density at radius 2 is 1.60 bits per heavy atom. The molecule has 3 rings (SSSR count). The van der Waals surface area contributed by atoms with Gasteiger partial charge < -0.3 is 9.47 Å². The molecule has 0 aliphatic heterocycles. The highest BCUT2D eigenvalue weighted by Gasteiger charge is 2.29. The fourth-order valence-electron chi connectivity index (χ4n) is 2.94. The van der Waals surface area contributed by atoms with E-state index >= 15 is 0 Å². The summed E-state index contributed by atoms with van der Waals surface area (Å²) in [5.41, 5.74) is 2.34. The molecule has 3 aromatic rings. The number of hydrogen-bond donors (Lipinski definition) is 1. The van der Waals surface area contributed by atoms with E-state index in [-0.39, 0.29) is 24.6 Å². The standard InChI is InChI=1S/C21H20FN3O5/c1-3-29-19(26)18-17(14-8-6-5-7-9-14)24(16-12-10-15(22)11-13-16)21(28)25(18)23-20(27)30-4-2/h5-13H,3-4H2,1-2H3,(H,23,27). The molecule has 0 bridgehead atoms. The number of carbonyl (C=O) groups excluding carboxylic acids is 2. The third-order valence-corrected chi connectivity index (χ3v) is 4.13. The highest BCUT2D eigenvalue weighted by Crippen LogP contribution is 2.26. The molecular formula is C21H20FN3O5. The molecule has 0 spiro atoms. The van der Waals surface area contributed by atoms with E-state index in [9.17, 15) is 18.8 Å². The van der Waals surface area contributed by atoms with E-state index in [1.165, 1.54) is 28.8 Å². The van der Waals surface area contributed by atoms with Crippen LogP contribution in [-0.2, 0) is 9.47 Å². The van der Waals surface area contributed by atoms with Gasteiger partial charge in [0.1, 0.15) is 5.82 Å². The fourth-order valence-corrected chi connectivity index (χ4v) is 2.94. The van der Waals surface area contributed by atoms with E-state index in [1.54, 1.807) is 44.2 Å². The Hall–Kier alpha value is -3.88. The van der Waals surface area contributed by atoms with Crippen LogP contribution >= 0.6 is 0 Å². The molecule has 1 amide bonds. The van der Waals surface area contributed by atoms with Crippen LogP contribution in [0.2, 0.25) is 0 Å². The van der Waals surface area contributed by atoms with Crippen molar-refractivity contribution in [1.82, 2.24) is 9.24 Å². The van der Waals surface area contributed by atoms with E-state index in [0.717, 1.165) is 4.68 Å². The zero-order valence-electron chi connectivity index (χ0n) is 16.4. The molecule has 0 aliphatic carbocycles. The van der Waals surface area contributed by atoms with Gasteiger partial charge in [-0.1, -0.05) is 30.3 Å². The minimum absolute atomic E-state index is 0.0579. The minimum Gasteiger partial charge on any atom is -0.461 e. The normalized spacial score (nSPS) is 10.5. The number of amides is 1. The first-order valence-corrected chi connectivity index (χ1v) is 9.27. The smallest absolute Gasteiger partial charge is 0.426 e. The van der Waals surface area contributed by atoms with Crippen LogP contribution in [0.1, 0.15) is 24.3 Å². The van der Waals surface area contributed by atoms with Gasteiger partial charge in [-0.3, -0.25) is 4.57 Å². The number of halogens is 1. The fraction of sp³-hybridized carbons (Fsp3) is 0.190. The predicted molar refractivity (Wildman–Crippen MR) is 108 cm³/mol. The minimum atomic E-state index is -0.916. The molecule has 9 heteroatoms. The number of hydrogen-bond acceptors (Lipinski definition) is 5. The lowest BCUT2D eigenvalue weighted by atomic mass is 10.1. The first-order chi connectivity index (χ1) is 14.5. The summed E-state index contributed by atoms with van der Waals surface area (Å²) in [4.78, 5) is 38.1. The van der Waals surface area contributed by atoms with Crippen LogP contribution in [0.4, 0.5) is 9.18 Å². The monoisotopic (exact) mass is 413 g/mol. The van der Waals surface area contributed by atoms with Gasteiger partial charge in [-0.2, -0.15) is 4.68 Å². The van der Waals surface area contributed by atoms with Gasteiger partial charge in [-0.25, -0.2) is 24.2 Å². The quantitative estimate of drug-likeness (QED) is 0.626. The van der Waals surface area contributed by atoms with Gasteiger partial charge in [0.15, 0.2) is 5.69 Å². The van der Waals surface area contributed by atoms with Crippen molar-refractivity contribution in [2.75, 3.05) is 18.6 Å². The molecule has 0 aliphatic rings. The number of nitrogens with one attached hydrogen (secondary N) is 1. The maximum Gasteiger partial charge on any atom is 0.426 e. The molecule has 1 N–H and O–H groups in total. The van der Waals surface area contributed by atoms with Gasteiger partial charge in [0.2, 0.25) is 0 Å². The summed E-state index contributed by atoms with van der Waals surface area (Å²) in [6.45, 7) is 3.36. The van der Waals surface area contributed by atoms with Crippen molar-refractivity contribution in [2.24, 2.45) is 0 Å². The number of carbonyl (C=O) groups is 2. The Labute approximate surface area is 171 Å². The van der Waals surface area contributed by atoms with Crippen molar-refractivity contribution in [2.45, 2.75) is 13.8 Å². The summed E-state index contributed by atoms with van der Waals surface area (Å²) < 4.78 is 25.4. The van der Waals surface area contributed by atoms with Crippen LogP contribution in [0, 0.1) is 5.82 Å². The number of benzene rings is 2. The highest BCUT2D eigenvalue weighted by molar-refractivity contribution is 5.96. The van der Waals surface area contributed by atoms with E-state index < -0.39 is 23.6 Å². The molecule has 1 heterocycles. The number of aromatic nitrogens is 2. The zero-order chi connectivity index (χ0) is 21.7. The topological polar surface area (TPSA) is 91.6 Å². The Morgan fingerprint density at radius 1 is 0.967 bits per heavy atom. The third-order valence-electron chi connectivity index (χ3n) is 4.13. The van der Waals surface area contributed by atoms with Crippen LogP contribution in [0.15, 0.2) is 59.4 Å². The molecule has 156 valence electrons. The molecule has 0 fully saturated rings. The van der Waals surface area contributed by atoms with Crippen molar-refractivity contribution in [3.05, 3.63) is 76.6 Å². The Bertz CT molecular complexity index is 1100. The second kappa shape index (κ2) is 9.08. The van der Waals surface area contributed by atoms with Crippen LogP contribution < -0.4 is 11.1 Å². The second-order valence-electron chi connectivity index (χ2n) is 6.05. The van der Waals surface area contributed by atoms with Crippen molar-refractivity contribution in [1.29, 1.82) is 0 Å². The van der Waals surface area contributed by atoms with Crippen LogP contribution in [0.25, 0.3) is 16.9 Å². The van der Waals surface area contributed by atoms with Crippen LogP contribution in [-0.4, -0.2) is 34.5 Å². The van der Waals surface area contributed by atoms with Crippen molar-refractivity contribution in [3.63, 3.8) is 0 Å². The van der Waals surface area contributed by atoms with Gasteiger partial charge in [-0.15, -0.1) is 0 Å². The lowest BCUT2D eigenvalue weighted by molar-refractivity contribution is 0.0516. The average Bonchev–Trinajstić information content (AvgIpc) is 3.02. The zero-order valence-corrected chi connectivity index (χ0v) is 16.4. The maximum absolute atomic E-state index is 13.5. The molecule has 0 saturated carbocycles. The summed E-state index contributed by atoms with van der Waals surface area (Å²) in [5.74, 6) is -1.30. The van der Waals surface area contributed by atoms with Crippen molar-refractivity contribution < 1.29 is 23.5 Å². The maximum atomic E-state index is 13.5. The van der Waals surface area contributed by atoms with Gasteiger partial charge in [0.25, 0.3) is 0 Å².